The average Bonchev–Trinajstić information content (AvgIpc) is 3.74. The zero-order valence-corrected chi connectivity index (χ0v) is 31.8. The third kappa shape index (κ3) is 9.56. The van der Waals surface area contributed by atoms with Crippen molar-refractivity contribution in [2.75, 3.05) is 37.7 Å². The molecule has 12 nitrogen and oxygen atoms in total. The lowest BCUT2D eigenvalue weighted by Crippen LogP contribution is -2.32. The summed E-state index contributed by atoms with van der Waals surface area (Å²) in [4.78, 5) is 50.6. The molecule has 1 aliphatic carbocycles. The lowest BCUT2D eigenvalue weighted by Gasteiger charge is -2.22. The van der Waals surface area contributed by atoms with Gasteiger partial charge in [-0.15, -0.1) is 0 Å². The van der Waals surface area contributed by atoms with Crippen LogP contribution in [0.1, 0.15) is 102 Å². The molecule has 0 radical (unpaired) electrons. The van der Waals surface area contributed by atoms with Crippen LogP contribution in [0.3, 0.4) is 0 Å². The Labute approximate surface area is 313 Å². The van der Waals surface area contributed by atoms with Crippen LogP contribution < -0.4 is 24.4 Å². The summed E-state index contributed by atoms with van der Waals surface area (Å²) in [5.74, 6) is -1.62. The molecule has 0 unspecified atom stereocenters. The fraction of sp³-hybridized carbons (Fsp3) is 0.462. The lowest BCUT2D eigenvalue weighted by atomic mass is 9.81. The summed E-state index contributed by atoms with van der Waals surface area (Å²) in [6, 6.07) is 9.08. The van der Waals surface area contributed by atoms with Gasteiger partial charge in [0.05, 0.1) is 37.2 Å². The highest BCUT2D eigenvalue weighted by Gasteiger charge is 2.41. The molecule has 14 heteroatoms. The van der Waals surface area contributed by atoms with Crippen molar-refractivity contribution in [1.29, 1.82) is 0 Å². The molecular formula is C39H47ClFN3O9. The van der Waals surface area contributed by atoms with Gasteiger partial charge in [-0.25, -0.2) is 14.1 Å². The monoisotopic (exact) mass is 755 g/mol. The van der Waals surface area contributed by atoms with Crippen LogP contribution in [-0.2, 0) is 24.5 Å². The molecular weight excluding hydrogens is 709 g/mol. The molecule has 3 amide bonds. The van der Waals surface area contributed by atoms with E-state index >= 15 is 0 Å². The number of aromatic nitrogens is 1. The minimum Gasteiger partial charge on any atom is -0.496 e. The number of anilines is 2. The van der Waals surface area contributed by atoms with Crippen LogP contribution in [0, 0.1) is 5.82 Å². The Morgan fingerprint density at radius 1 is 0.962 bits per heavy atom. The number of benzene rings is 2. The van der Waals surface area contributed by atoms with Gasteiger partial charge in [-0.05, 0) is 63.1 Å². The number of unbranched alkanes of at least 4 members (excludes halogenated alkanes) is 2. The Morgan fingerprint density at radius 2 is 1.58 bits per heavy atom. The maximum atomic E-state index is 14.5. The van der Waals surface area contributed by atoms with Crippen molar-refractivity contribution >= 4 is 46.9 Å². The Morgan fingerprint density at radius 3 is 2.15 bits per heavy atom. The van der Waals surface area contributed by atoms with Crippen LogP contribution >= 0.6 is 11.6 Å². The number of hydrogen-bond donors (Lipinski definition) is 1. The van der Waals surface area contributed by atoms with Crippen LogP contribution in [-0.4, -0.2) is 56.3 Å². The maximum Gasteiger partial charge on any atom is 0.344 e. The number of nitrogens with one attached hydrogen (secondary N) is 1. The number of methoxy groups -OCH3 is 2. The van der Waals surface area contributed by atoms with Gasteiger partial charge >= 0.3 is 5.97 Å². The highest BCUT2D eigenvalue weighted by atomic mass is 35.5. The van der Waals surface area contributed by atoms with Crippen molar-refractivity contribution in [3.63, 3.8) is 0 Å². The Bertz CT molecular complexity index is 1790. The predicted molar refractivity (Wildman–Crippen MR) is 197 cm³/mol. The van der Waals surface area contributed by atoms with Crippen molar-refractivity contribution in [2.24, 2.45) is 0 Å². The maximum absolute atomic E-state index is 14.5. The number of amides is 3. The molecule has 1 aliphatic heterocycles. The molecule has 1 N–H and O–H groups in total. The second-order valence-electron chi connectivity index (χ2n) is 12.9. The molecule has 0 saturated carbocycles. The molecule has 0 fully saturated rings. The van der Waals surface area contributed by atoms with Crippen LogP contribution in [0.25, 0.3) is 0 Å². The van der Waals surface area contributed by atoms with Gasteiger partial charge in [-0.2, -0.15) is 0 Å². The first kappa shape index (κ1) is 40.9. The van der Waals surface area contributed by atoms with Crippen LogP contribution in [0.4, 0.5) is 16.0 Å². The number of carbonyl (C=O) groups excluding carboxylic acids is 4. The fourth-order valence-corrected chi connectivity index (χ4v) is 6.16. The lowest BCUT2D eigenvalue weighted by molar-refractivity contribution is -0.146. The van der Waals surface area contributed by atoms with Crippen LogP contribution in [0.5, 0.6) is 17.2 Å². The van der Waals surface area contributed by atoms with E-state index in [1.165, 1.54) is 20.3 Å². The van der Waals surface area contributed by atoms with Crippen LogP contribution in [0.15, 0.2) is 52.1 Å². The molecule has 2 aromatic carbocycles. The van der Waals surface area contributed by atoms with Gasteiger partial charge in [0.15, 0.2) is 6.61 Å². The Hall–Kier alpha value is -4.91. The van der Waals surface area contributed by atoms with Gasteiger partial charge in [-0.1, -0.05) is 63.4 Å². The average molecular weight is 756 g/mol. The summed E-state index contributed by atoms with van der Waals surface area (Å²) >= 11 is 6.02. The summed E-state index contributed by atoms with van der Waals surface area (Å²) in [5, 5.41) is 6.76. The number of hydrogen-bond acceptors (Lipinski definition) is 10. The minimum absolute atomic E-state index is 0.000883. The smallest absolute Gasteiger partial charge is 0.344 e. The summed E-state index contributed by atoms with van der Waals surface area (Å²) in [7, 11) is 3.01. The number of halogens is 2. The zero-order valence-electron chi connectivity index (χ0n) is 31.1. The second kappa shape index (κ2) is 18.7. The van der Waals surface area contributed by atoms with Gasteiger partial charge in [-0.3, -0.25) is 19.7 Å². The number of esters is 1. The molecule has 3 aromatic rings. The topological polar surface area (TPSA) is 146 Å². The minimum atomic E-state index is -0.814. The van der Waals surface area contributed by atoms with E-state index in [4.69, 9.17) is 35.1 Å². The molecule has 5 rings (SSSR count). The number of imide groups is 1. The highest BCUT2D eigenvalue weighted by molar-refractivity contribution is 6.34. The summed E-state index contributed by atoms with van der Waals surface area (Å²) in [5.41, 5.74) is 1.74. The van der Waals surface area contributed by atoms with Gasteiger partial charge in [0, 0.05) is 28.7 Å². The zero-order chi connectivity index (χ0) is 38.7. The highest BCUT2D eigenvalue weighted by Crippen LogP contribution is 2.40. The second-order valence-corrected chi connectivity index (χ2v) is 13.3. The van der Waals surface area contributed by atoms with Crippen molar-refractivity contribution in [3.05, 3.63) is 69.6 Å². The molecule has 2 heterocycles. The molecule has 1 aromatic heterocycles. The first-order valence-corrected chi connectivity index (χ1v) is 18.2. The van der Waals surface area contributed by atoms with Gasteiger partial charge in [0.1, 0.15) is 28.6 Å². The van der Waals surface area contributed by atoms with E-state index in [9.17, 15) is 23.6 Å². The number of carbonyl (C=O) groups is 4. The van der Waals surface area contributed by atoms with Crippen molar-refractivity contribution < 1.29 is 47.0 Å². The van der Waals surface area contributed by atoms with E-state index in [-0.39, 0.29) is 27.8 Å². The van der Waals surface area contributed by atoms with E-state index in [2.05, 4.69) is 31.2 Å². The van der Waals surface area contributed by atoms with Crippen LogP contribution in [0.2, 0.25) is 5.02 Å². The Balaban J connectivity index is 0.000000241. The third-order valence-electron chi connectivity index (χ3n) is 9.57. The standard InChI is InChI=1S/C21H23ClFNO5.C18H24N2O4/c1-2-3-6-9-28-19(25)12-29-18-11-17(16(23)10-15(18)22)24-20(26)13-7-4-5-8-14(13)21(24)27;1-6-18(3,7-2)14-11-15(24-20-14)19-17(21)16-12(22-4)9-8-10-13(16)23-5/h10-11H,2-9,12H2,1H3;8-11H,6-7H2,1-5H3,(H,19,21). The molecule has 286 valence electrons. The molecule has 0 saturated heterocycles. The largest absolute Gasteiger partial charge is 0.496 e. The van der Waals surface area contributed by atoms with Gasteiger partial charge in [0.25, 0.3) is 17.7 Å². The van der Waals surface area contributed by atoms with Crippen molar-refractivity contribution in [1.82, 2.24) is 5.16 Å². The quantitative estimate of drug-likeness (QED) is 0.0912. The SMILES string of the molecule is CCC(C)(CC)c1cc(NC(=O)c2c(OC)cccc2OC)on1.CCCCCOC(=O)COc1cc(N2C(=O)C3=C(CCCC3)C2=O)c(F)cc1Cl. The van der Waals surface area contributed by atoms with E-state index < -0.39 is 30.2 Å². The van der Waals surface area contributed by atoms with E-state index in [1.807, 2.05) is 6.92 Å². The number of ether oxygens (including phenoxy) is 4. The predicted octanol–water partition coefficient (Wildman–Crippen LogP) is 8.36. The molecule has 0 atom stereocenters. The third-order valence-corrected chi connectivity index (χ3v) is 9.87. The van der Waals surface area contributed by atoms with E-state index in [1.54, 1.807) is 24.3 Å². The van der Waals surface area contributed by atoms with Gasteiger partial charge < -0.3 is 23.5 Å². The summed E-state index contributed by atoms with van der Waals surface area (Å²) in [6.07, 6.45) is 7.27. The molecule has 0 spiro atoms. The molecule has 0 bridgehead atoms. The Kier molecular flexibility index (Phi) is 14.4. The van der Waals surface area contributed by atoms with Crippen molar-refractivity contribution in [3.8, 4) is 17.2 Å². The molecule has 2 aliphatic rings. The number of nitrogens with zero attached hydrogens (tertiary/aromatic N) is 2. The number of rotatable bonds is 15. The molecule has 53 heavy (non-hydrogen) atoms. The first-order valence-electron chi connectivity index (χ1n) is 17.8. The van der Waals surface area contributed by atoms with E-state index in [0.717, 1.165) is 61.6 Å². The fourth-order valence-electron chi connectivity index (χ4n) is 5.96. The summed E-state index contributed by atoms with van der Waals surface area (Å²) in [6.45, 7) is 8.27. The summed E-state index contributed by atoms with van der Waals surface area (Å²) < 4.78 is 40.8. The first-order chi connectivity index (χ1) is 25.4. The normalized spacial score (nSPS) is 14.0. The van der Waals surface area contributed by atoms with Gasteiger partial charge in [0.2, 0.25) is 5.88 Å². The van der Waals surface area contributed by atoms with Crippen molar-refractivity contribution in [2.45, 2.75) is 90.9 Å². The van der Waals surface area contributed by atoms with E-state index in [0.29, 0.717) is 53.5 Å².